The molecule has 1 fully saturated rings. The molecule has 6 rings (SSSR count). The summed E-state index contributed by atoms with van der Waals surface area (Å²) in [6, 6.07) is 10.6. The van der Waals surface area contributed by atoms with Gasteiger partial charge in [-0.3, -0.25) is 4.90 Å². The van der Waals surface area contributed by atoms with Gasteiger partial charge in [0.05, 0.1) is 37.9 Å². The molecule has 1 aromatic heterocycles. The number of halogens is 1. The Morgan fingerprint density at radius 1 is 1.06 bits per heavy atom. The van der Waals surface area contributed by atoms with Crippen LogP contribution in [0.15, 0.2) is 36.5 Å². The molecule has 34 heavy (non-hydrogen) atoms. The normalized spacial score (nSPS) is 16.5. The lowest BCUT2D eigenvalue weighted by Gasteiger charge is -2.26. The highest BCUT2D eigenvalue weighted by molar-refractivity contribution is 5.91. The first kappa shape index (κ1) is 23.2. The standard InChI is InChI=1S/C26H29N2O5.BrH/c1-29-23-4-3-18-13-22-20-15-25-24(32-17-33-25)14-19(20)5-7-28(22)16-21(18)26(23)31-10-2-6-27-8-11-30-12-9-27;/h3-4,13-16H,2,5-12,17H2,1H3;1H/q+1;/p-1. The summed E-state index contributed by atoms with van der Waals surface area (Å²) < 4.78 is 30.9. The van der Waals surface area contributed by atoms with E-state index in [1.54, 1.807) is 7.11 Å². The summed E-state index contributed by atoms with van der Waals surface area (Å²) in [7, 11) is 1.70. The molecule has 2 aromatic carbocycles. The van der Waals surface area contributed by atoms with Gasteiger partial charge in [-0.2, -0.15) is 4.57 Å². The molecule has 7 nitrogen and oxygen atoms in total. The molecule has 0 radical (unpaired) electrons. The second kappa shape index (κ2) is 9.98. The van der Waals surface area contributed by atoms with E-state index in [9.17, 15) is 0 Å². The molecular formula is C26H29BrN2O5. The van der Waals surface area contributed by atoms with Crippen molar-refractivity contribution in [1.29, 1.82) is 0 Å². The van der Waals surface area contributed by atoms with Crippen molar-refractivity contribution in [3.63, 3.8) is 0 Å². The number of aromatic nitrogens is 1. The summed E-state index contributed by atoms with van der Waals surface area (Å²) in [5.41, 5.74) is 3.69. The van der Waals surface area contributed by atoms with Gasteiger partial charge in [-0.05, 0) is 41.6 Å². The Morgan fingerprint density at radius 2 is 1.88 bits per heavy atom. The highest BCUT2D eigenvalue weighted by Crippen LogP contribution is 2.41. The first-order valence-electron chi connectivity index (χ1n) is 11.7. The van der Waals surface area contributed by atoms with Crippen LogP contribution in [0.1, 0.15) is 12.0 Å². The van der Waals surface area contributed by atoms with Crippen molar-refractivity contribution in [3.8, 4) is 34.3 Å². The van der Waals surface area contributed by atoms with E-state index in [-0.39, 0.29) is 17.0 Å². The molecule has 0 unspecified atom stereocenters. The highest BCUT2D eigenvalue weighted by atomic mass is 79.9. The van der Waals surface area contributed by atoms with Crippen LogP contribution in [-0.2, 0) is 17.7 Å². The maximum absolute atomic E-state index is 6.32. The maximum Gasteiger partial charge on any atom is 0.231 e. The summed E-state index contributed by atoms with van der Waals surface area (Å²) in [4.78, 5) is 2.43. The maximum atomic E-state index is 6.32. The van der Waals surface area contributed by atoms with E-state index in [2.05, 4.69) is 39.9 Å². The SMILES string of the molecule is COc1ccc2cc3[n+](cc2c1OCCCN1CCOCC1)CCc1cc2c(cc1-3)OCO2.[Br-]. The van der Waals surface area contributed by atoms with E-state index in [0.29, 0.717) is 13.4 Å². The third kappa shape index (κ3) is 4.30. The summed E-state index contributed by atoms with van der Waals surface area (Å²) in [6.07, 6.45) is 4.13. The molecule has 3 aliphatic rings. The lowest BCUT2D eigenvalue weighted by molar-refractivity contribution is -0.686. The van der Waals surface area contributed by atoms with Gasteiger partial charge < -0.3 is 40.7 Å². The van der Waals surface area contributed by atoms with Gasteiger partial charge in [-0.15, -0.1) is 0 Å². The number of aryl methyl sites for hydroxylation is 2. The molecule has 0 bridgehead atoms. The van der Waals surface area contributed by atoms with Crippen LogP contribution in [0.25, 0.3) is 22.0 Å². The number of nitrogens with zero attached hydrogens (tertiary/aromatic N) is 2. The van der Waals surface area contributed by atoms with Gasteiger partial charge in [0, 0.05) is 32.1 Å². The summed E-state index contributed by atoms with van der Waals surface area (Å²) in [5.74, 6) is 3.26. The highest BCUT2D eigenvalue weighted by Gasteiger charge is 2.28. The largest absolute Gasteiger partial charge is 1.00 e. The lowest BCUT2D eigenvalue weighted by atomic mass is 9.95. The number of morpholine rings is 1. The summed E-state index contributed by atoms with van der Waals surface area (Å²) in [5, 5.41) is 2.21. The molecule has 0 aliphatic carbocycles. The van der Waals surface area contributed by atoms with Crippen LogP contribution in [0.4, 0.5) is 0 Å². The van der Waals surface area contributed by atoms with E-state index in [0.717, 1.165) is 86.0 Å². The molecule has 0 amide bonds. The number of methoxy groups -OCH3 is 1. The zero-order valence-electron chi connectivity index (χ0n) is 19.3. The lowest BCUT2D eigenvalue weighted by Crippen LogP contribution is -3.00. The van der Waals surface area contributed by atoms with Crippen LogP contribution in [-0.4, -0.2) is 58.3 Å². The molecule has 8 heteroatoms. The van der Waals surface area contributed by atoms with Crippen molar-refractivity contribution in [1.82, 2.24) is 4.90 Å². The van der Waals surface area contributed by atoms with Gasteiger partial charge in [-0.25, -0.2) is 0 Å². The second-order valence-corrected chi connectivity index (χ2v) is 8.72. The average molecular weight is 529 g/mol. The average Bonchev–Trinajstić information content (AvgIpc) is 3.32. The first-order valence-corrected chi connectivity index (χ1v) is 11.7. The Hall–Kier alpha value is -2.55. The monoisotopic (exact) mass is 528 g/mol. The number of benzene rings is 2. The number of pyridine rings is 1. The molecule has 3 aromatic rings. The number of hydrogen-bond acceptors (Lipinski definition) is 6. The van der Waals surface area contributed by atoms with E-state index >= 15 is 0 Å². The number of hydrogen-bond donors (Lipinski definition) is 0. The van der Waals surface area contributed by atoms with Crippen LogP contribution in [0, 0.1) is 0 Å². The molecule has 180 valence electrons. The van der Waals surface area contributed by atoms with Crippen molar-refractivity contribution >= 4 is 10.8 Å². The van der Waals surface area contributed by atoms with Crippen molar-refractivity contribution < 1.29 is 45.2 Å². The Kier molecular flexibility index (Phi) is 6.81. The van der Waals surface area contributed by atoms with Crippen molar-refractivity contribution in [2.24, 2.45) is 0 Å². The molecule has 3 aliphatic heterocycles. The van der Waals surface area contributed by atoms with Crippen LogP contribution in [0.3, 0.4) is 0 Å². The van der Waals surface area contributed by atoms with E-state index in [1.807, 2.05) is 6.07 Å². The smallest absolute Gasteiger partial charge is 0.231 e. The van der Waals surface area contributed by atoms with Gasteiger partial charge in [0.15, 0.2) is 35.7 Å². The van der Waals surface area contributed by atoms with Crippen molar-refractivity contribution in [2.45, 2.75) is 19.4 Å². The Morgan fingerprint density at radius 3 is 2.71 bits per heavy atom. The predicted octanol–water partition coefficient (Wildman–Crippen LogP) is 0.193. The molecule has 0 atom stereocenters. The van der Waals surface area contributed by atoms with Gasteiger partial charge in [-0.1, -0.05) is 0 Å². The zero-order chi connectivity index (χ0) is 22.2. The fourth-order valence-electron chi connectivity index (χ4n) is 4.99. The molecule has 1 saturated heterocycles. The first-order chi connectivity index (χ1) is 16.3. The molecule has 0 saturated carbocycles. The summed E-state index contributed by atoms with van der Waals surface area (Å²) in [6.45, 7) is 6.53. The third-order valence-electron chi connectivity index (χ3n) is 6.77. The van der Waals surface area contributed by atoms with Crippen LogP contribution in [0.5, 0.6) is 23.0 Å². The van der Waals surface area contributed by atoms with Crippen LogP contribution >= 0.6 is 0 Å². The quantitative estimate of drug-likeness (QED) is 0.336. The molecule has 0 spiro atoms. The topological polar surface area (TPSA) is 53.3 Å². The summed E-state index contributed by atoms with van der Waals surface area (Å²) >= 11 is 0. The predicted molar refractivity (Wildman–Crippen MR) is 123 cm³/mol. The fourth-order valence-corrected chi connectivity index (χ4v) is 4.99. The zero-order valence-corrected chi connectivity index (χ0v) is 20.9. The van der Waals surface area contributed by atoms with Gasteiger partial charge >= 0.3 is 0 Å². The number of ether oxygens (including phenoxy) is 5. The fraction of sp³-hybridized carbons (Fsp3) is 0.423. The number of rotatable bonds is 6. The van der Waals surface area contributed by atoms with Gasteiger partial charge in [0.2, 0.25) is 12.5 Å². The van der Waals surface area contributed by atoms with Crippen LogP contribution < -0.4 is 40.5 Å². The third-order valence-corrected chi connectivity index (χ3v) is 6.77. The van der Waals surface area contributed by atoms with Crippen LogP contribution in [0.2, 0.25) is 0 Å². The molecule has 4 heterocycles. The van der Waals surface area contributed by atoms with Crippen molar-refractivity contribution in [2.75, 3.05) is 53.4 Å². The van der Waals surface area contributed by atoms with Gasteiger partial charge in [0.1, 0.15) is 0 Å². The van der Waals surface area contributed by atoms with E-state index in [1.165, 1.54) is 16.8 Å². The molecule has 0 N–H and O–H groups in total. The van der Waals surface area contributed by atoms with E-state index < -0.39 is 0 Å². The van der Waals surface area contributed by atoms with Crippen molar-refractivity contribution in [3.05, 3.63) is 42.1 Å². The Bertz CT molecular complexity index is 1200. The van der Waals surface area contributed by atoms with Gasteiger partial charge in [0.25, 0.3) is 0 Å². The minimum Gasteiger partial charge on any atom is -1.00 e. The molecular weight excluding hydrogens is 500 g/mol. The Balaban J connectivity index is 0.00000241. The minimum atomic E-state index is 0. The number of fused-ring (bicyclic) bond motifs is 5. The minimum absolute atomic E-state index is 0. The Labute approximate surface area is 209 Å². The van der Waals surface area contributed by atoms with E-state index in [4.69, 9.17) is 23.7 Å². The second-order valence-electron chi connectivity index (χ2n) is 8.72.